The van der Waals surface area contributed by atoms with Gasteiger partial charge in [-0.25, -0.2) is 4.79 Å². The summed E-state index contributed by atoms with van der Waals surface area (Å²) in [5.41, 5.74) is 5.95. The van der Waals surface area contributed by atoms with Crippen molar-refractivity contribution in [3.8, 4) is 11.4 Å². The van der Waals surface area contributed by atoms with Crippen LogP contribution in [0.1, 0.15) is 46.2 Å². The number of nitrogens with zero attached hydrogens (tertiary/aromatic N) is 1. The van der Waals surface area contributed by atoms with Crippen LogP contribution < -0.4 is 4.74 Å². The second-order valence-electron chi connectivity index (χ2n) is 8.02. The van der Waals surface area contributed by atoms with Crippen LogP contribution >= 0.6 is 0 Å². The molecule has 0 saturated heterocycles. The minimum absolute atomic E-state index is 0.221. The second kappa shape index (κ2) is 8.80. The molecule has 0 fully saturated rings. The highest BCUT2D eigenvalue weighted by atomic mass is 16.6. The average molecular weight is 418 g/mol. The van der Waals surface area contributed by atoms with Crippen LogP contribution in [0.5, 0.6) is 5.75 Å². The van der Waals surface area contributed by atoms with E-state index < -0.39 is 12.1 Å². The summed E-state index contributed by atoms with van der Waals surface area (Å²) in [6.45, 7) is 5.24. The number of rotatable bonds is 7. The summed E-state index contributed by atoms with van der Waals surface area (Å²) < 4.78 is 13.0. The molecule has 3 aromatic rings. The Hall–Kier alpha value is -3.34. The number of aromatic nitrogens is 1. The van der Waals surface area contributed by atoms with Crippen LogP contribution in [0, 0.1) is 13.8 Å². The van der Waals surface area contributed by atoms with Crippen LogP contribution in [0.15, 0.2) is 54.6 Å². The van der Waals surface area contributed by atoms with E-state index in [4.69, 9.17) is 9.47 Å². The largest absolute Gasteiger partial charge is 0.482 e. The summed E-state index contributed by atoms with van der Waals surface area (Å²) in [5, 5.41) is 0. The van der Waals surface area contributed by atoms with Gasteiger partial charge in [0.25, 0.3) is 0 Å². The van der Waals surface area contributed by atoms with Crippen LogP contribution in [-0.2, 0) is 22.4 Å². The molecule has 0 amide bonds. The molecule has 0 N–H and O–H groups in total. The van der Waals surface area contributed by atoms with Crippen LogP contribution in [-0.4, -0.2) is 29.0 Å². The molecule has 0 aliphatic heterocycles. The Bertz CT molecular complexity index is 1110. The molecule has 4 rings (SSSR count). The maximum Gasteiger partial charge on any atom is 0.344 e. The van der Waals surface area contributed by atoms with E-state index in [0.717, 1.165) is 36.3 Å². The second-order valence-corrected chi connectivity index (χ2v) is 8.02. The summed E-state index contributed by atoms with van der Waals surface area (Å²) in [5.74, 6) is -0.123. The van der Waals surface area contributed by atoms with Crippen molar-refractivity contribution >= 4 is 11.8 Å². The molecule has 1 aliphatic rings. The van der Waals surface area contributed by atoms with Gasteiger partial charge in [-0.05, 0) is 81.5 Å². The van der Waals surface area contributed by atoms with Crippen molar-refractivity contribution in [3.63, 3.8) is 0 Å². The lowest BCUT2D eigenvalue weighted by Gasteiger charge is -2.14. The van der Waals surface area contributed by atoms with E-state index in [1.165, 1.54) is 11.1 Å². The van der Waals surface area contributed by atoms with Gasteiger partial charge >= 0.3 is 5.97 Å². The van der Waals surface area contributed by atoms with E-state index in [0.29, 0.717) is 11.3 Å². The number of carbonyl (C=O) groups excluding carboxylic acids is 2. The van der Waals surface area contributed by atoms with E-state index in [1.54, 1.807) is 6.92 Å². The third-order valence-electron chi connectivity index (χ3n) is 5.82. The maximum atomic E-state index is 13.0. The zero-order chi connectivity index (χ0) is 22.0. The SMILES string of the molecule is Cc1cc(C(=O)[C@H](C)OC(=O)COc2ccc3c(c2)CCC3)c(C)n1-c1ccccc1. The van der Waals surface area contributed by atoms with Gasteiger partial charge in [-0.1, -0.05) is 24.3 Å². The van der Waals surface area contributed by atoms with E-state index in [9.17, 15) is 9.59 Å². The van der Waals surface area contributed by atoms with E-state index >= 15 is 0 Å². The first kappa shape index (κ1) is 20.9. The number of aryl methyl sites for hydroxylation is 3. The minimum Gasteiger partial charge on any atom is -0.482 e. The van der Waals surface area contributed by atoms with Crippen LogP contribution in [0.25, 0.3) is 5.69 Å². The minimum atomic E-state index is -0.888. The fraction of sp³-hybridized carbons (Fsp3) is 0.308. The molecule has 5 nitrogen and oxygen atoms in total. The summed E-state index contributed by atoms with van der Waals surface area (Å²) in [7, 11) is 0. The smallest absolute Gasteiger partial charge is 0.344 e. The van der Waals surface area contributed by atoms with Crippen molar-refractivity contribution in [3.05, 3.63) is 82.7 Å². The number of ketones is 1. The van der Waals surface area contributed by atoms with Gasteiger partial charge in [-0.15, -0.1) is 0 Å². The fourth-order valence-electron chi connectivity index (χ4n) is 4.27. The topological polar surface area (TPSA) is 57.5 Å². The molecule has 0 radical (unpaired) electrons. The van der Waals surface area contributed by atoms with Gasteiger partial charge in [0, 0.05) is 22.6 Å². The average Bonchev–Trinajstić information content (AvgIpc) is 3.35. The summed E-state index contributed by atoms with van der Waals surface area (Å²) in [4.78, 5) is 25.2. The first-order valence-corrected chi connectivity index (χ1v) is 10.7. The van der Waals surface area contributed by atoms with Gasteiger partial charge in [0.15, 0.2) is 12.7 Å². The third-order valence-corrected chi connectivity index (χ3v) is 5.82. The highest BCUT2D eigenvalue weighted by molar-refractivity contribution is 6.01. The number of hydrogen-bond acceptors (Lipinski definition) is 4. The fourth-order valence-corrected chi connectivity index (χ4v) is 4.27. The van der Waals surface area contributed by atoms with Crippen molar-refractivity contribution in [1.29, 1.82) is 0 Å². The van der Waals surface area contributed by atoms with Crippen molar-refractivity contribution in [1.82, 2.24) is 4.57 Å². The first-order chi connectivity index (χ1) is 14.9. The number of esters is 1. The number of fused-ring (bicyclic) bond motifs is 1. The van der Waals surface area contributed by atoms with Gasteiger partial charge in [-0.3, -0.25) is 4.79 Å². The van der Waals surface area contributed by atoms with Gasteiger partial charge < -0.3 is 14.0 Å². The number of Topliss-reactive ketones (excluding diaryl/α,β-unsaturated/α-hetero) is 1. The monoisotopic (exact) mass is 417 g/mol. The molecular formula is C26H27NO4. The molecule has 1 aromatic heterocycles. The Balaban J connectivity index is 1.39. The lowest BCUT2D eigenvalue weighted by molar-refractivity contribution is -0.148. The third kappa shape index (κ3) is 4.41. The molecular weight excluding hydrogens is 390 g/mol. The molecule has 2 aromatic carbocycles. The van der Waals surface area contributed by atoms with Crippen LogP contribution in [0.2, 0.25) is 0 Å². The molecule has 1 heterocycles. The number of benzene rings is 2. The van der Waals surface area contributed by atoms with Gasteiger partial charge in [0.2, 0.25) is 5.78 Å². The van der Waals surface area contributed by atoms with Crippen molar-refractivity contribution in [2.24, 2.45) is 0 Å². The first-order valence-electron chi connectivity index (χ1n) is 10.7. The predicted octanol–water partition coefficient (Wildman–Crippen LogP) is 4.78. The van der Waals surface area contributed by atoms with Crippen molar-refractivity contribution in [2.45, 2.75) is 46.1 Å². The molecule has 160 valence electrons. The lowest BCUT2D eigenvalue weighted by Crippen LogP contribution is -2.27. The highest BCUT2D eigenvalue weighted by Crippen LogP contribution is 2.26. The summed E-state index contributed by atoms with van der Waals surface area (Å²) in [6, 6.07) is 17.6. The maximum absolute atomic E-state index is 13.0. The molecule has 1 atom stereocenters. The normalized spacial score (nSPS) is 13.5. The number of carbonyl (C=O) groups is 2. The molecule has 5 heteroatoms. The van der Waals surface area contributed by atoms with Crippen molar-refractivity contribution < 1.29 is 19.1 Å². The number of ether oxygens (including phenoxy) is 2. The number of hydrogen-bond donors (Lipinski definition) is 0. The Kier molecular flexibility index (Phi) is 5.94. The van der Waals surface area contributed by atoms with E-state index in [2.05, 4.69) is 6.07 Å². The molecule has 0 unspecified atom stereocenters. The van der Waals surface area contributed by atoms with E-state index in [-0.39, 0.29) is 12.4 Å². The van der Waals surface area contributed by atoms with Crippen LogP contribution in [0.4, 0.5) is 0 Å². The van der Waals surface area contributed by atoms with Gasteiger partial charge in [0.05, 0.1) is 0 Å². The van der Waals surface area contributed by atoms with Crippen molar-refractivity contribution in [2.75, 3.05) is 6.61 Å². The zero-order valence-corrected chi connectivity index (χ0v) is 18.2. The number of para-hydroxylation sites is 1. The Morgan fingerprint density at radius 1 is 1.00 bits per heavy atom. The lowest BCUT2D eigenvalue weighted by atomic mass is 10.1. The summed E-state index contributed by atoms with van der Waals surface area (Å²) in [6.07, 6.45) is 2.41. The van der Waals surface area contributed by atoms with Crippen LogP contribution in [0.3, 0.4) is 0 Å². The molecule has 0 bridgehead atoms. The quantitative estimate of drug-likeness (QED) is 0.410. The molecule has 1 aliphatic carbocycles. The Morgan fingerprint density at radius 2 is 1.74 bits per heavy atom. The predicted molar refractivity (Wildman–Crippen MR) is 119 cm³/mol. The molecule has 31 heavy (non-hydrogen) atoms. The standard InChI is InChI=1S/C26H27NO4/c1-17-14-24(18(2)27(17)22-10-5-4-6-11-22)26(29)19(3)31-25(28)16-30-23-13-12-20-8-7-9-21(20)15-23/h4-6,10-15,19H,7-9,16H2,1-3H3/t19-/m0/s1. The van der Waals surface area contributed by atoms with Gasteiger partial charge in [0.1, 0.15) is 5.75 Å². The zero-order valence-electron chi connectivity index (χ0n) is 18.2. The Labute approximate surface area is 182 Å². The van der Waals surface area contributed by atoms with Gasteiger partial charge in [-0.2, -0.15) is 0 Å². The van der Waals surface area contributed by atoms with E-state index in [1.807, 2.05) is 66.9 Å². The molecule has 0 saturated carbocycles. The summed E-state index contributed by atoms with van der Waals surface area (Å²) >= 11 is 0. The highest BCUT2D eigenvalue weighted by Gasteiger charge is 2.24. The molecule has 0 spiro atoms. The Morgan fingerprint density at radius 3 is 2.52 bits per heavy atom.